The van der Waals surface area contributed by atoms with Crippen molar-refractivity contribution in [3.63, 3.8) is 0 Å². The van der Waals surface area contributed by atoms with E-state index in [1.54, 1.807) is 28.0 Å². The number of benzene rings is 1. The fraction of sp³-hybridized carbons (Fsp3) is 0.345. The number of nitrogens with one attached hydrogen (secondary N) is 1. The van der Waals surface area contributed by atoms with Crippen LogP contribution in [0.2, 0.25) is 0 Å². The van der Waals surface area contributed by atoms with Gasteiger partial charge in [-0.1, -0.05) is 13.0 Å². The second-order valence-corrected chi connectivity index (χ2v) is 11.3. The first-order chi connectivity index (χ1) is 19.0. The summed E-state index contributed by atoms with van der Waals surface area (Å²) < 4.78 is 2.18. The fourth-order valence-corrected chi connectivity index (χ4v) is 5.48. The number of fused-ring (bicyclic) bond motifs is 1. The zero-order valence-electron chi connectivity index (χ0n) is 23.0. The van der Waals surface area contributed by atoms with Gasteiger partial charge in [0.05, 0.1) is 5.52 Å². The third-order valence-electron chi connectivity index (χ3n) is 7.24. The van der Waals surface area contributed by atoms with Crippen molar-refractivity contribution in [2.45, 2.75) is 53.6 Å². The van der Waals surface area contributed by atoms with Crippen molar-refractivity contribution in [3.05, 3.63) is 63.9 Å². The van der Waals surface area contributed by atoms with E-state index in [2.05, 4.69) is 41.3 Å². The minimum Gasteiger partial charge on any atom is -0.329 e. The first-order valence-electron chi connectivity index (χ1n) is 13.1. The standard InChI is InChI=1S/C29H30BrN7O3/c1-15-8-24(29(40)34-28-16(2)6-7-25(30)33-28)36(13-15)26(39)14-37-23-9-17(3)21(20-11-31-19(5)32-12-20)10-22(23)27(35-37)18(4)38/h6-7,9-12,15,24H,8,13-14H2,1-5H3,(H,33,34,40). The molecule has 2 unspecified atom stereocenters. The number of carbonyl (C=O) groups is 3. The Morgan fingerprint density at radius 3 is 2.50 bits per heavy atom. The molecule has 40 heavy (non-hydrogen) atoms. The maximum Gasteiger partial charge on any atom is 0.248 e. The van der Waals surface area contributed by atoms with Crippen molar-refractivity contribution in [3.8, 4) is 11.1 Å². The summed E-state index contributed by atoms with van der Waals surface area (Å²) in [6, 6.07) is 6.87. The molecule has 2 atom stereocenters. The van der Waals surface area contributed by atoms with Crippen LogP contribution in [0.3, 0.4) is 0 Å². The SMILES string of the molecule is CC(=O)c1nn(CC(=O)N2CC(C)CC2C(=O)Nc2nc(Br)ccc2C)c2cc(C)c(-c3cnc(C)nc3)cc12. The van der Waals surface area contributed by atoms with Crippen molar-refractivity contribution in [1.82, 2.24) is 29.6 Å². The molecule has 4 aromatic rings. The molecule has 3 aromatic heterocycles. The summed E-state index contributed by atoms with van der Waals surface area (Å²) in [4.78, 5) is 54.0. The summed E-state index contributed by atoms with van der Waals surface area (Å²) in [5.41, 5.74) is 4.45. The van der Waals surface area contributed by atoms with Gasteiger partial charge in [0.15, 0.2) is 5.78 Å². The van der Waals surface area contributed by atoms with Crippen LogP contribution < -0.4 is 5.32 Å². The molecule has 206 valence electrons. The molecule has 1 aliphatic heterocycles. The number of nitrogens with zero attached hydrogens (tertiary/aromatic N) is 6. The molecule has 4 heterocycles. The van der Waals surface area contributed by atoms with Gasteiger partial charge in [-0.2, -0.15) is 5.10 Å². The van der Waals surface area contributed by atoms with Crippen LogP contribution in [-0.2, 0) is 16.1 Å². The molecular weight excluding hydrogens is 574 g/mol. The van der Waals surface area contributed by atoms with Crippen LogP contribution in [-0.4, -0.2) is 59.8 Å². The molecule has 1 aromatic carbocycles. The second kappa shape index (κ2) is 10.9. The van der Waals surface area contributed by atoms with Crippen LogP contribution in [0.1, 0.15) is 47.7 Å². The van der Waals surface area contributed by atoms with Gasteiger partial charge in [-0.3, -0.25) is 19.1 Å². The molecule has 0 spiro atoms. The van der Waals surface area contributed by atoms with E-state index in [0.29, 0.717) is 40.1 Å². The van der Waals surface area contributed by atoms with Gasteiger partial charge in [0.1, 0.15) is 34.5 Å². The third-order valence-corrected chi connectivity index (χ3v) is 7.69. The van der Waals surface area contributed by atoms with Gasteiger partial charge in [-0.15, -0.1) is 0 Å². The summed E-state index contributed by atoms with van der Waals surface area (Å²) in [7, 11) is 0. The van der Waals surface area contributed by atoms with Gasteiger partial charge in [0, 0.05) is 36.8 Å². The fourth-order valence-electron chi connectivity index (χ4n) is 5.17. The minimum atomic E-state index is -0.633. The molecule has 1 saturated heterocycles. The first-order valence-corrected chi connectivity index (χ1v) is 13.9. The van der Waals surface area contributed by atoms with Gasteiger partial charge in [0.25, 0.3) is 0 Å². The number of rotatable bonds is 6. The van der Waals surface area contributed by atoms with E-state index in [0.717, 1.165) is 22.3 Å². The van der Waals surface area contributed by atoms with Crippen molar-refractivity contribution >= 4 is 50.2 Å². The molecular formula is C29H30BrN7O3. The van der Waals surface area contributed by atoms with E-state index >= 15 is 0 Å². The first kappa shape index (κ1) is 27.6. The van der Waals surface area contributed by atoms with Crippen LogP contribution in [0.25, 0.3) is 22.0 Å². The Hall–Kier alpha value is -3.99. The lowest BCUT2D eigenvalue weighted by molar-refractivity contribution is -0.137. The molecule has 1 aliphatic rings. The summed E-state index contributed by atoms with van der Waals surface area (Å²) in [6.45, 7) is 9.49. The summed E-state index contributed by atoms with van der Waals surface area (Å²) in [6.07, 6.45) is 4.05. The molecule has 0 saturated carbocycles. The highest BCUT2D eigenvalue weighted by Crippen LogP contribution is 2.31. The monoisotopic (exact) mass is 603 g/mol. The lowest BCUT2D eigenvalue weighted by Gasteiger charge is -2.24. The Balaban J connectivity index is 1.44. The van der Waals surface area contributed by atoms with Crippen LogP contribution in [0, 0.1) is 26.7 Å². The Morgan fingerprint density at radius 2 is 1.80 bits per heavy atom. The topological polar surface area (TPSA) is 123 Å². The Morgan fingerprint density at radius 1 is 1.07 bits per heavy atom. The molecule has 0 bridgehead atoms. The number of amides is 2. The van der Waals surface area contributed by atoms with Crippen molar-refractivity contribution in [2.75, 3.05) is 11.9 Å². The molecule has 1 N–H and O–H groups in total. The van der Waals surface area contributed by atoms with E-state index < -0.39 is 6.04 Å². The van der Waals surface area contributed by atoms with E-state index in [1.807, 2.05) is 45.9 Å². The number of aromatic nitrogens is 5. The molecule has 5 rings (SSSR count). The van der Waals surface area contributed by atoms with Gasteiger partial charge in [-0.25, -0.2) is 15.0 Å². The normalized spacial score (nSPS) is 16.9. The maximum atomic E-state index is 13.6. The van der Waals surface area contributed by atoms with E-state index in [4.69, 9.17) is 0 Å². The molecule has 1 fully saturated rings. The lowest BCUT2D eigenvalue weighted by atomic mass is 9.99. The zero-order chi connectivity index (χ0) is 28.7. The zero-order valence-corrected chi connectivity index (χ0v) is 24.6. The van der Waals surface area contributed by atoms with Gasteiger partial charge in [0.2, 0.25) is 11.8 Å². The van der Waals surface area contributed by atoms with E-state index in [9.17, 15) is 14.4 Å². The van der Waals surface area contributed by atoms with Crippen LogP contribution in [0.5, 0.6) is 0 Å². The highest BCUT2D eigenvalue weighted by atomic mass is 79.9. The van der Waals surface area contributed by atoms with E-state index in [1.165, 1.54) is 6.92 Å². The Labute approximate surface area is 240 Å². The Bertz CT molecular complexity index is 1650. The predicted octanol–water partition coefficient (Wildman–Crippen LogP) is 4.65. The van der Waals surface area contributed by atoms with E-state index in [-0.39, 0.29) is 35.8 Å². The van der Waals surface area contributed by atoms with Crippen molar-refractivity contribution in [1.29, 1.82) is 0 Å². The average molecular weight is 605 g/mol. The molecule has 0 radical (unpaired) electrons. The molecule has 10 nitrogen and oxygen atoms in total. The van der Waals surface area contributed by atoms with Gasteiger partial charge >= 0.3 is 0 Å². The number of aryl methyl sites for hydroxylation is 3. The Kier molecular flexibility index (Phi) is 7.50. The van der Waals surface area contributed by atoms with Gasteiger partial charge < -0.3 is 10.2 Å². The number of anilines is 1. The van der Waals surface area contributed by atoms with Crippen molar-refractivity contribution in [2.24, 2.45) is 5.92 Å². The number of ketones is 1. The number of carbonyl (C=O) groups excluding carboxylic acids is 3. The molecule has 0 aliphatic carbocycles. The summed E-state index contributed by atoms with van der Waals surface area (Å²) in [5.74, 6) is 0.568. The predicted molar refractivity (Wildman–Crippen MR) is 155 cm³/mol. The number of Topliss-reactive ketones (excluding diaryl/α,β-unsaturated/α-hetero) is 1. The number of hydrogen-bond donors (Lipinski definition) is 1. The number of likely N-dealkylation sites (tertiary alicyclic amines) is 1. The van der Waals surface area contributed by atoms with Crippen LogP contribution >= 0.6 is 15.9 Å². The number of pyridine rings is 1. The largest absolute Gasteiger partial charge is 0.329 e. The summed E-state index contributed by atoms with van der Waals surface area (Å²) in [5, 5.41) is 8.09. The average Bonchev–Trinajstić information content (AvgIpc) is 3.47. The third kappa shape index (κ3) is 5.38. The smallest absolute Gasteiger partial charge is 0.248 e. The quantitative estimate of drug-likeness (QED) is 0.251. The van der Waals surface area contributed by atoms with Crippen LogP contribution in [0.4, 0.5) is 5.82 Å². The summed E-state index contributed by atoms with van der Waals surface area (Å²) >= 11 is 3.34. The highest BCUT2D eigenvalue weighted by Gasteiger charge is 2.38. The molecule has 11 heteroatoms. The number of hydrogen-bond acceptors (Lipinski definition) is 7. The number of halogens is 1. The highest BCUT2D eigenvalue weighted by molar-refractivity contribution is 9.10. The lowest BCUT2D eigenvalue weighted by Crippen LogP contribution is -2.44. The minimum absolute atomic E-state index is 0.0964. The van der Waals surface area contributed by atoms with Gasteiger partial charge in [-0.05, 0) is 83.9 Å². The second-order valence-electron chi connectivity index (χ2n) is 10.5. The van der Waals surface area contributed by atoms with Crippen LogP contribution in [0.15, 0.2) is 41.3 Å². The maximum absolute atomic E-state index is 13.6. The van der Waals surface area contributed by atoms with Crippen molar-refractivity contribution < 1.29 is 14.4 Å². The molecule has 2 amide bonds.